The van der Waals surface area contributed by atoms with Gasteiger partial charge in [-0.05, 0) is 85.7 Å². The first-order valence-electron chi connectivity index (χ1n) is 13.3. The summed E-state index contributed by atoms with van der Waals surface area (Å²) < 4.78 is 0. The van der Waals surface area contributed by atoms with Gasteiger partial charge in [0.2, 0.25) is 0 Å². The van der Waals surface area contributed by atoms with E-state index >= 15 is 0 Å². The van der Waals surface area contributed by atoms with E-state index in [1.165, 1.54) is 47.9 Å². The van der Waals surface area contributed by atoms with Crippen molar-refractivity contribution in [2.24, 2.45) is 0 Å². The molecule has 0 aromatic heterocycles. The summed E-state index contributed by atoms with van der Waals surface area (Å²) in [5.74, 6) is 1.18. The number of hydrogen-bond donors (Lipinski definition) is 1. The van der Waals surface area contributed by atoms with Gasteiger partial charge in [-0.1, -0.05) is 121 Å². The smallest absolute Gasteiger partial charge is 0.00431 e. The van der Waals surface area contributed by atoms with E-state index in [4.69, 9.17) is 0 Å². The zero-order valence-corrected chi connectivity index (χ0v) is 20.9. The predicted molar refractivity (Wildman–Crippen MR) is 150 cm³/mol. The van der Waals surface area contributed by atoms with Gasteiger partial charge >= 0.3 is 0 Å². The van der Waals surface area contributed by atoms with Gasteiger partial charge in [-0.25, -0.2) is 0 Å². The molecule has 0 radical (unpaired) electrons. The summed E-state index contributed by atoms with van der Waals surface area (Å²) in [6.45, 7) is 2.13. The van der Waals surface area contributed by atoms with Crippen LogP contribution >= 0.6 is 0 Å². The van der Waals surface area contributed by atoms with Crippen LogP contribution in [-0.4, -0.2) is 13.1 Å². The molecule has 1 N–H and O–H groups in total. The highest BCUT2D eigenvalue weighted by molar-refractivity contribution is 5.22. The van der Waals surface area contributed by atoms with Crippen molar-refractivity contribution in [2.75, 3.05) is 13.1 Å². The Bertz CT molecular complexity index is 972. The summed E-state index contributed by atoms with van der Waals surface area (Å²) in [7, 11) is 0. The molecular formula is C34H39N. The first-order chi connectivity index (χ1) is 17.4. The van der Waals surface area contributed by atoms with Crippen LogP contribution in [0.15, 0.2) is 121 Å². The van der Waals surface area contributed by atoms with Crippen molar-refractivity contribution in [2.45, 2.75) is 50.4 Å². The average molecular weight is 462 g/mol. The van der Waals surface area contributed by atoms with Gasteiger partial charge in [-0.15, -0.1) is 0 Å². The lowest BCUT2D eigenvalue weighted by atomic mass is 9.89. The molecule has 0 saturated carbocycles. The minimum Gasteiger partial charge on any atom is -0.317 e. The highest BCUT2D eigenvalue weighted by Crippen LogP contribution is 2.26. The third-order valence-corrected chi connectivity index (χ3v) is 7.13. The Morgan fingerprint density at radius 3 is 1.11 bits per heavy atom. The van der Waals surface area contributed by atoms with Crippen LogP contribution in [0.3, 0.4) is 0 Å². The van der Waals surface area contributed by atoms with Gasteiger partial charge in [0, 0.05) is 0 Å². The maximum absolute atomic E-state index is 3.78. The van der Waals surface area contributed by atoms with E-state index < -0.39 is 0 Å². The van der Waals surface area contributed by atoms with Crippen LogP contribution in [0, 0.1) is 0 Å². The quantitative estimate of drug-likeness (QED) is 0.187. The van der Waals surface area contributed by atoms with Crippen molar-refractivity contribution in [1.82, 2.24) is 5.32 Å². The fraction of sp³-hybridized carbons (Fsp3) is 0.294. The van der Waals surface area contributed by atoms with Crippen LogP contribution < -0.4 is 5.32 Å². The molecule has 35 heavy (non-hydrogen) atoms. The minimum absolute atomic E-state index is 0.590. The number of rotatable bonds is 14. The zero-order valence-electron chi connectivity index (χ0n) is 20.9. The zero-order chi connectivity index (χ0) is 24.0. The molecule has 0 aliphatic carbocycles. The van der Waals surface area contributed by atoms with Gasteiger partial charge in [-0.2, -0.15) is 0 Å². The van der Waals surface area contributed by atoms with Crippen LogP contribution in [0.4, 0.5) is 0 Å². The van der Waals surface area contributed by atoms with Crippen LogP contribution in [0.25, 0.3) is 0 Å². The fourth-order valence-electron chi connectivity index (χ4n) is 5.05. The Balaban J connectivity index is 1.27. The molecule has 2 atom stereocenters. The van der Waals surface area contributed by atoms with Crippen LogP contribution in [0.5, 0.6) is 0 Å². The summed E-state index contributed by atoms with van der Waals surface area (Å²) in [5.41, 5.74) is 5.81. The molecule has 1 nitrogen and oxygen atoms in total. The Morgan fingerprint density at radius 1 is 0.400 bits per heavy atom. The second-order valence-corrected chi connectivity index (χ2v) is 9.59. The first-order valence-corrected chi connectivity index (χ1v) is 13.3. The summed E-state index contributed by atoms with van der Waals surface area (Å²) in [6, 6.07) is 43.9. The monoisotopic (exact) mass is 461 g/mol. The summed E-state index contributed by atoms with van der Waals surface area (Å²) in [6.07, 6.45) is 7.01. The van der Waals surface area contributed by atoms with E-state index in [0.717, 1.165) is 25.9 Å². The van der Waals surface area contributed by atoms with Crippen molar-refractivity contribution in [1.29, 1.82) is 0 Å². The predicted octanol–water partition coefficient (Wildman–Crippen LogP) is 8.19. The highest BCUT2D eigenvalue weighted by atomic mass is 14.8. The molecule has 4 aromatic rings. The van der Waals surface area contributed by atoms with E-state index in [0.29, 0.717) is 11.8 Å². The van der Waals surface area contributed by atoms with E-state index in [-0.39, 0.29) is 0 Å². The topological polar surface area (TPSA) is 12.0 Å². The molecule has 0 fully saturated rings. The van der Waals surface area contributed by atoms with Gasteiger partial charge in [0.15, 0.2) is 0 Å². The molecule has 0 aliphatic rings. The molecule has 0 bridgehead atoms. The first kappa shape index (κ1) is 24.9. The van der Waals surface area contributed by atoms with Crippen molar-refractivity contribution >= 4 is 0 Å². The maximum Gasteiger partial charge on any atom is -0.00431 e. The Hall–Kier alpha value is -3.16. The Morgan fingerprint density at radius 2 is 0.743 bits per heavy atom. The molecule has 2 unspecified atom stereocenters. The SMILES string of the molecule is c1ccc(CCC(CCNCCC(CCc2ccccc2)c2ccccc2)c2ccccc2)cc1. The lowest BCUT2D eigenvalue weighted by molar-refractivity contribution is 0.503. The molecule has 0 aliphatic heterocycles. The van der Waals surface area contributed by atoms with Crippen molar-refractivity contribution in [3.8, 4) is 0 Å². The minimum atomic E-state index is 0.590. The summed E-state index contributed by atoms with van der Waals surface area (Å²) in [5, 5.41) is 3.78. The summed E-state index contributed by atoms with van der Waals surface area (Å²) >= 11 is 0. The summed E-state index contributed by atoms with van der Waals surface area (Å²) in [4.78, 5) is 0. The fourth-order valence-corrected chi connectivity index (χ4v) is 5.05. The molecular weight excluding hydrogens is 422 g/mol. The van der Waals surface area contributed by atoms with E-state index in [1.54, 1.807) is 0 Å². The number of benzene rings is 4. The molecule has 180 valence electrons. The van der Waals surface area contributed by atoms with Gasteiger partial charge in [0.1, 0.15) is 0 Å². The molecule has 4 aromatic carbocycles. The average Bonchev–Trinajstić information content (AvgIpc) is 2.94. The molecule has 0 saturated heterocycles. The molecule has 0 amide bonds. The lowest BCUT2D eigenvalue weighted by Crippen LogP contribution is -2.21. The highest BCUT2D eigenvalue weighted by Gasteiger charge is 2.13. The lowest BCUT2D eigenvalue weighted by Gasteiger charge is -2.20. The Labute approximate surface area is 212 Å². The van der Waals surface area contributed by atoms with Crippen molar-refractivity contribution in [3.63, 3.8) is 0 Å². The third kappa shape index (κ3) is 8.53. The third-order valence-electron chi connectivity index (χ3n) is 7.13. The molecule has 1 heteroatoms. The van der Waals surface area contributed by atoms with Gasteiger partial charge in [-0.3, -0.25) is 0 Å². The largest absolute Gasteiger partial charge is 0.317 e. The number of hydrogen-bond acceptors (Lipinski definition) is 1. The molecule has 0 heterocycles. The van der Waals surface area contributed by atoms with E-state index in [1.807, 2.05) is 0 Å². The van der Waals surface area contributed by atoms with Crippen molar-refractivity contribution in [3.05, 3.63) is 144 Å². The van der Waals surface area contributed by atoms with E-state index in [9.17, 15) is 0 Å². The van der Waals surface area contributed by atoms with Crippen LogP contribution in [0.1, 0.15) is 59.8 Å². The second-order valence-electron chi connectivity index (χ2n) is 9.59. The molecule has 4 rings (SSSR count). The second kappa shape index (κ2) is 14.3. The van der Waals surface area contributed by atoms with Gasteiger partial charge < -0.3 is 5.32 Å². The standard InChI is InChI=1S/C34H39N/c1-5-13-29(14-6-1)21-23-33(31-17-9-3-10-18-31)25-27-35-28-26-34(32-19-11-4-12-20-32)24-22-30-15-7-2-8-16-30/h1-20,33-35H,21-28H2. The van der Waals surface area contributed by atoms with Gasteiger partial charge in [0.25, 0.3) is 0 Å². The van der Waals surface area contributed by atoms with E-state index in [2.05, 4.69) is 127 Å². The van der Waals surface area contributed by atoms with Gasteiger partial charge in [0.05, 0.1) is 0 Å². The number of aryl methyl sites for hydroxylation is 2. The maximum atomic E-state index is 3.78. The Kier molecular flexibility index (Phi) is 10.2. The normalized spacial score (nSPS) is 12.8. The number of nitrogens with one attached hydrogen (secondary N) is 1. The van der Waals surface area contributed by atoms with Crippen molar-refractivity contribution < 1.29 is 0 Å². The van der Waals surface area contributed by atoms with Crippen LogP contribution in [0.2, 0.25) is 0 Å². The van der Waals surface area contributed by atoms with Crippen LogP contribution in [-0.2, 0) is 12.8 Å². The molecule has 0 spiro atoms.